The molecule has 1 N–H and O–H groups in total. The molecule has 0 radical (unpaired) electrons. The maximum Gasteiger partial charge on any atom is 0.416 e. The number of benzene rings is 4. The Morgan fingerprint density at radius 2 is 1.66 bits per heavy atom. The maximum atomic E-state index is 14.6. The summed E-state index contributed by atoms with van der Waals surface area (Å²) in [6.07, 6.45) is 0.783. The number of hydrogen-bond acceptors (Lipinski definition) is 4. The Balaban J connectivity index is 1.40. The van der Waals surface area contributed by atoms with Crippen molar-refractivity contribution in [3.8, 4) is 22.4 Å². The van der Waals surface area contributed by atoms with Gasteiger partial charge in [0.25, 0.3) is 0 Å². The van der Waals surface area contributed by atoms with Gasteiger partial charge in [-0.1, -0.05) is 54.6 Å². The van der Waals surface area contributed by atoms with Gasteiger partial charge in [0.2, 0.25) is 0 Å². The number of hydrogen-bond donors (Lipinski definition) is 1. The predicted octanol–water partition coefficient (Wildman–Crippen LogP) is 8.32. The number of imidazole rings is 1. The highest BCUT2D eigenvalue weighted by atomic mass is 19.4. The first kappa shape index (κ1) is 30.2. The molecule has 1 aromatic heterocycles. The van der Waals surface area contributed by atoms with E-state index in [0.717, 1.165) is 35.0 Å². The summed E-state index contributed by atoms with van der Waals surface area (Å²) in [6.45, 7) is 0.404. The van der Waals surface area contributed by atoms with Crippen LogP contribution in [0.5, 0.6) is 0 Å². The fourth-order valence-corrected chi connectivity index (χ4v) is 4.52. The molecule has 5 nitrogen and oxygen atoms in total. The Bertz CT molecular complexity index is 1790. The van der Waals surface area contributed by atoms with Gasteiger partial charge in [0.1, 0.15) is 24.0 Å². The van der Waals surface area contributed by atoms with E-state index < -0.39 is 29.3 Å². The van der Waals surface area contributed by atoms with Gasteiger partial charge >= 0.3 is 12.1 Å². The van der Waals surface area contributed by atoms with E-state index in [1.165, 1.54) is 25.3 Å². The zero-order valence-corrected chi connectivity index (χ0v) is 23.4. The number of rotatable bonds is 9. The third kappa shape index (κ3) is 7.38. The van der Waals surface area contributed by atoms with Crippen LogP contribution in [0.1, 0.15) is 22.5 Å². The van der Waals surface area contributed by atoms with Crippen molar-refractivity contribution < 1.29 is 31.5 Å². The van der Waals surface area contributed by atoms with Crippen molar-refractivity contribution in [1.29, 1.82) is 0 Å². The van der Waals surface area contributed by atoms with Gasteiger partial charge in [-0.25, -0.2) is 13.8 Å². The summed E-state index contributed by atoms with van der Waals surface area (Å²) < 4.78 is 74.0. The van der Waals surface area contributed by atoms with E-state index in [4.69, 9.17) is 0 Å². The third-order valence-electron chi connectivity index (χ3n) is 6.84. The molecule has 0 spiro atoms. The fourth-order valence-electron chi connectivity index (χ4n) is 4.52. The number of anilines is 1. The van der Waals surface area contributed by atoms with Gasteiger partial charge in [-0.2, -0.15) is 13.2 Å². The van der Waals surface area contributed by atoms with Gasteiger partial charge in [0, 0.05) is 30.1 Å². The van der Waals surface area contributed by atoms with Crippen molar-refractivity contribution in [3.63, 3.8) is 0 Å². The van der Waals surface area contributed by atoms with Gasteiger partial charge in [-0.15, -0.1) is 0 Å². The van der Waals surface area contributed by atoms with Crippen LogP contribution in [0.15, 0.2) is 97.2 Å². The number of methoxy groups -OCH3 is 1. The molecule has 5 aromatic rings. The number of halogens is 5. The first-order valence-electron chi connectivity index (χ1n) is 13.5. The van der Waals surface area contributed by atoms with Crippen LogP contribution in [0.3, 0.4) is 0 Å². The molecule has 0 aliphatic carbocycles. The fraction of sp³-hybridized carbons (Fsp3) is 0.118. The second-order valence-electron chi connectivity index (χ2n) is 9.90. The van der Waals surface area contributed by atoms with Crippen LogP contribution in [0.2, 0.25) is 0 Å². The number of nitrogens with zero attached hydrogens (tertiary/aromatic N) is 2. The molecule has 0 amide bonds. The second kappa shape index (κ2) is 12.9. The largest absolute Gasteiger partial charge is 0.468 e. The van der Waals surface area contributed by atoms with Gasteiger partial charge in [-0.05, 0) is 64.7 Å². The van der Waals surface area contributed by atoms with E-state index in [1.807, 2.05) is 28.8 Å². The zero-order valence-electron chi connectivity index (χ0n) is 23.4. The van der Waals surface area contributed by atoms with Crippen molar-refractivity contribution >= 4 is 23.8 Å². The molecular formula is C34H26F5N3O2. The first-order chi connectivity index (χ1) is 21.1. The number of esters is 1. The molecule has 4 aromatic carbocycles. The van der Waals surface area contributed by atoms with Crippen molar-refractivity contribution in [2.75, 3.05) is 19.0 Å². The Morgan fingerprint density at radius 3 is 2.34 bits per heavy atom. The molecule has 0 aliphatic rings. The number of aromatic nitrogens is 2. The van der Waals surface area contributed by atoms with Crippen molar-refractivity contribution in [2.24, 2.45) is 0 Å². The predicted molar refractivity (Wildman–Crippen MR) is 159 cm³/mol. The lowest BCUT2D eigenvalue weighted by Crippen LogP contribution is -2.14. The molecule has 0 fully saturated rings. The molecular weight excluding hydrogens is 577 g/mol. The molecule has 0 atom stereocenters. The van der Waals surface area contributed by atoms with Crippen LogP contribution in [0.25, 0.3) is 34.5 Å². The standard InChI is InChI=1S/C34H26F5N3O2/c1-44-33(43)19-40-28-13-7-23(8-14-28)20-42-21-31(29-15-12-27(35)18-30(29)36)41-32(42)16-9-22-5-10-24(11-6-22)25-3-2-4-26(17-25)34(37,38)39/h2-18,21,40H,19-20H2,1H3. The number of carbonyl (C=O) groups excluding carboxylic acids is 1. The SMILES string of the molecule is COC(=O)CNc1ccc(Cn2cc(-c3ccc(F)cc3F)nc2C=Cc2ccc(-c3cccc(C(F)(F)F)c3)cc2)cc1. The van der Waals surface area contributed by atoms with Crippen LogP contribution in [-0.4, -0.2) is 29.2 Å². The average Bonchev–Trinajstić information content (AvgIpc) is 3.41. The monoisotopic (exact) mass is 603 g/mol. The number of nitrogens with one attached hydrogen (secondary N) is 1. The Hall–Kier alpha value is -5.25. The maximum absolute atomic E-state index is 14.6. The normalized spacial score (nSPS) is 11.6. The molecule has 10 heteroatoms. The lowest BCUT2D eigenvalue weighted by molar-refractivity contribution is -0.139. The molecule has 0 bridgehead atoms. The smallest absolute Gasteiger partial charge is 0.416 e. The van der Waals surface area contributed by atoms with E-state index >= 15 is 0 Å². The van der Waals surface area contributed by atoms with Crippen LogP contribution >= 0.6 is 0 Å². The minimum absolute atomic E-state index is 0.0276. The summed E-state index contributed by atoms with van der Waals surface area (Å²) in [5.74, 6) is -1.33. The van der Waals surface area contributed by atoms with E-state index in [1.54, 1.807) is 48.7 Å². The van der Waals surface area contributed by atoms with Crippen LogP contribution in [0.4, 0.5) is 27.6 Å². The topological polar surface area (TPSA) is 56.1 Å². The second-order valence-corrected chi connectivity index (χ2v) is 9.90. The van der Waals surface area contributed by atoms with E-state index in [-0.39, 0.29) is 12.1 Å². The summed E-state index contributed by atoms with van der Waals surface area (Å²) in [5, 5.41) is 2.97. The summed E-state index contributed by atoms with van der Waals surface area (Å²) in [4.78, 5) is 16.0. The molecule has 0 unspecified atom stereocenters. The number of carbonyl (C=O) groups is 1. The highest BCUT2D eigenvalue weighted by Gasteiger charge is 2.30. The first-order valence-corrected chi connectivity index (χ1v) is 13.5. The van der Waals surface area contributed by atoms with Gasteiger partial charge in [0.05, 0.1) is 18.4 Å². The summed E-state index contributed by atoms with van der Waals surface area (Å²) in [7, 11) is 1.31. The summed E-state index contributed by atoms with van der Waals surface area (Å²) in [5.41, 5.74) is 3.23. The highest BCUT2D eigenvalue weighted by Crippen LogP contribution is 2.32. The van der Waals surface area contributed by atoms with E-state index in [0.29, 0.717) is 29.2 Å². The average molecular weight is 604 g/mol. The zero-order chi connectivity index (χ0) is 31.3. The number of ether oxygens (including phenoxy) is 1. The molecule has 44 heavy (non-hydrogen) atoms. The molecule has 0 saturated carbocycles. The lowest BCUT2D eigenvalue weighted by Gasteiger charge is -2.09. The van der Waals surface area contributed by atoms with Crippen molar-refractivity contribution in [2.45, 2.75) is 12.7 Å². The van der Waals surface area contributed by atoms with Gasteiger partial charge < -0.3 is 14.6 Å². The van der Waals surface area contributed by atoms with E-state index in [2.05, 4.69) is 15.0 Å². The third-order valence-corrected chi connectivity index (χ3v) is 6.84. The molecule has 0 aliphatic heterocycles. The van der Waals surface area contributed by atoms with Crippen LogP contribution < -0.4 is 5.32 Å². The van der Waals surface area contributed by atoms with Crippen LogP contribution in [-0.2, 0) is 22.3 Å². The van der Waals surface area contributed by atoms with Crippen LogP contribution in [0, 0.1) is 11.6 Å². The van der Waals surface area contributed by atoms with Gasteiger partial charge in [-0.3, -0.25) is 4.79 Å². The van der Waals surface area contributed by atoms with Crippen molar-refractivity contribution in [1.82, 2.24) is 9.55 Å². The summed E-state index contributed by atoms with van der Waals surface area (Å²) >= 11 is 0. The molecule has 5 rings (SSSR count). The Labute approximate surface area is 250 Å². The lowest BCUT2D eigenvalue weighted by atomic mass is 10.0. The molecule has 0 saturated heterocycles. The molecule has 1 heterocycles. The highest BCUT2D eigenvalue weighted by molar-refractivity contribution is 5.75. The van der Waals surface area contributed by atoms with Crippen molar-refractivity contribution in [3.05, 3.63) is 131 Å². The Kier molecular flexibility index (Phi) is 8.89. The minimum Gasteiger partial charge on any atom is -0.468 e. The summed E-state index contributed by atoms with van der Waals surface area (Å²) in [6, 6.07) is 22.8. The number of alkyl halides is 3. The quantitative estimate of drug-likeness (QED) is 0.136. The van der Waals surface area contributed by atoms with E-state index in [9.17, 15) is 26.7 Å². The molecule has 224 valence electrons. The van der Waals surface area contributed by atoms with Gasteiger partial charge in [0.15, 0.2) is 0 Å². The minimum atomic E-state index is -4.43. The Morgan fingerprint density at radius 1 is 0.909 bits per heavy atom.